The average molecular weight is 470 g/mol. The Balaban J connectivity index is 0.00000225. The van der Waals surface area contributed by atoms with E-state index in [4.69, 9.17) is 5.73 Å². The van der Waals surface area contributed by atoms with Crippen molar-refractivity contribution < 1.29 is 0 Å². The van der Waals surface area contributed by atoms with E-state index in [1.807, 2.05) is 6.92 Å². The first-order valence-corrected chi connectivity index (χ1v) is 9.56. The molecule has 0 unspecified atom stereocenters. The van der Waals surface area contributed by atoms with E-state index in [1.165, 1.54) is 24.0 Å². The van der Waals surface area contributed by atoms with Crippen molar-refractivity contribution >= 4 is 41.3 Å². The molecule has 0 aliphatic carbocycles. The van der Waals surface area contributed by atoms with Crippen LogP contribution >= 0.6 is 35.3 Å². The van der Waals surface area contributed by atoms with Crippen molar-refractivity contribution in [1.82, 2.24) is 9.88 Å². The fraction of sp³-hybridized carbons (Fsp3) is 0.474. The van der Waals surface area contributed by atoms with E-state index in [-0.39, 0.29) is 24.0 Å². The Morgan fingerprint density at radius 2 is 1.96 bits per heavy atom. The van der Waals surface area contributed by atoms with E-state index in [1.54, 1.807) is 11.3 Å². The summed E-state index contributed by atoms with van der Waals surface area (Å²) in [4.78, 5) is 11.3. The van der Waals surface area contributed by atoms with Crippen molar-refractivity contribution in [1.29, 1.82) is 0 Å². The lowest BCUT2D eigenvalue weighted by Gasteiger charge is -2.31. The molecular formula is C19H27IN4S. The first-order chi connectivity index (χ1) is 11.6. The summed E-state index contributed by atoms with van der Waals surface area (Å²) in [6.07, 6.45) is 3.35. The molecule has 0 bridgehead atoms. The van der Waals surface area contributed by atoms with Gasteiger partial charge in [0.15, 0.2) is 5.96 Å². The molecule has 2 aromatic rings. The average Bonchev–Trinajstić information content (AvgIpc) is 3.02. The quantitative estimate of drug-likeness (QED) is 0.411. The second-order valence-electron chi connectivity index (χ2n) is 6.61. The minimum Gasteiger partial charge on any atom is -0.370 e. The number of halogens is 1. The summed E-state index contributed by atoms with van der Waals surface area (Å²) in [5.41, 5.74) is 9.65. The van der Waals surface area contributed by atoms with Crippen LogP contribution in [0.2, 0.25) is 0 Å². The van der Waals surface area contributed by atoms with E-state index < -0.39 is 0 Å². The largest absolute Gasteiger partial charge is 0.370 e. The molecule has 1 aromatic heterocycles. The molecule has 2 heterocycles. The van der Waals surface area contributed by atoms with Crippen LogP contribution in [-0.2, 0) is 6.42 Å². The van der Waals surface area contributed by atoms with Crippen LogP contribution in [0.1, 0.15) is 30.3 Å². The second-order valence-corrected chi connectivity index (χ2v) is 7.67. The first kappa shape index (κ1) is 20.2. The molecule has 1 saturated heterocycles. The number of guanidine groups is 1. The second kappa shape index (κ2) is 9.52. The minimum atomic E-state index is 0. The number of likely N-dealkylation sites (tertiary alicyclic amines) is 1. The maximum atomic E-state index is 6.13. The molecule has 4 nitrogen and oxygen atoms in total. The number of nitrogens with two attached hydrogens (primary N) is 1. The monoisotopic (exact) mass is 470 g/mol. The zero-order valence-corrected chi connectivity index (χ0v) is 18.1. The van der Waals surface area contributed by atoms with Gasteiger partial charge in [0.1, 0.15) is 0 Å². The SMILES string of the molecule is Cc1nc(-c2ccc(CCN=C(N)N3CCC(C)CC3)cc2)cs1.I. The van der Waals surface area contributed by atoms with Crippen LogP contribution in [0.25, 0.3) is 11.3 Å². The van der Waals surface area contributed by atoms with Crippen molar-refractivity contribution in [3.63, 3.8) is 0 Å². The predicted molar refractivity (Wildman–Crippen MR) is 118 cm³/mol. The van der Waals surface area contributed by atoms with Gasteiger partial charge in [0.2, 0.25) is 0 Å². The van der Waals surface area contributed by atoms with Gasteiger partial charge < -0.3 is 10.6 Å². The summed E-state index contributed by atoms with van der Waals surface area (Å²) in [7, 11) is 0. The van der Waals surface area contributed by atoms with Crippen LogP contribution in [0.4, 0.5) is 0 Å². The molecule has 1 aromatic carbocycles. The fourth-order valence-electron chi connectivity index (χ4n) is 2.98. The van der Waals surface area contributed by atoms with E-state index >= 15 is 0 Å². The molecule has 136 valence electrons. The van der Waals surface area contributed by atoms with Gasteiger partial charge >= 0.3 is 0 Å². The molecule has 0 radical (unpaired) electrons. The van der Waals surface area contributed by atoms with Crippen LogP contribution in [0.3, 0.4) is 0 Å². The highest BCUT2D eigenvalue weighted by Gasteiger charge is 2.16. The molecule has 0 saturated carbocycles. The number of piperidine rings is 1. The van der Waals surface area contributed by atoms with Gasteiger partial charge in [0, 0.05) is 30.6 Å². The lowest BCUT2D eigenvalue weighted by atomic mass is 10.00. The molecule has 0 amide bonds. The smallest absolute Gasteiger partial charge is 0.191 e. The summed E-state index contributed by atoms with van der Waals surface area (Å²) in [5, 5.41) is 3.21. The topological polar surface area (TPSA) is 54.5 Å². The van der Waals surface area contributed by atoms with Crippen LogP contribution in [0.15, 0.2) is 34.6 Å². The van der Waals surface area contributed by atoms with Crippen molar-refractivity contribution in [3.05, 3.63) is 40.2 Å². The first-order valence-electron chi connectivity index (χ1n) is 8.68. The van der Waals surface area contributed by atoms with Crippen LogP contribution in [0.5, 0.6) is 0 Å². The summed E-state index contributed by atoms with van der Waals surface area (Å²) < 4.78 is 0. The van der Waals surface area contributed by atoms with Gasteiger partial charge in [0.05, 0.1) is 10.7 Å². The van der Waals surface area contributed by atoms with E-state index in [9.17, 15) is 0 Å². The highest BCUT2D eigenvalue weighted by Crippen LogP contribution is 2.22. The number of aromatic nitrogens is 1. The third-order valence-corrected chi connectivity index (χ3v) is 5.42. The Hall–Kier alpha value is -1.15. The standard InChI is InChI=1S/C19H26N4S.HI/c1-14-8-11-23(12-9-14)19(20)21-10-7-16-3-5-17(6-4-16)18-13-24-15(2)22-18;/h3-6,13-14H,7-12H2,1-2H3,(H2,20,21);1H. The highest BCUT2D eigenvalue weighted by atomic mass is 127. The normalized spacial score (nSPS) is 15.9. The molecule has 1 aliphatic heterocycles. The number of thiazole rings is 1. The van der Waals surface area contributed by atoms with Crippen molar-refractivity contribution in [2.45, 2.75) is 33.1 Å². The highest BCUT2D eigenvalue weighted by molar-refractivity contribution is 14.0. The number of aryl methyl sites for hydroxylation is 1. The predicted octanol–water partition coefficient (Wildman–Crippen LogP) is 4.33. The zero-order chi connectivity index (χ0) is 16.9. The van der Waals surface area contributed by atoms with Crippen molar-refractivity contribution in [3.8, 4) is 11.3 Å². The summed E-state index contributed by atoms with van der Waals surface area (Å²) >= 11 is 1.69. The van der Waals surface area contributed by atoms with Crippen LogP contribution in [0, 0.1) is 12.8 Å². The Morgan fingerprint density at radius 1 is 1.28 bits per heavy atom. The van der Waals surface area contributed by atoms with E-state index in [0.717, 1.165) is 42.7 Å². The molecule has 0 spiro atoms. The Kier molecular flexibility index (Phi) is 7.68. The Morgan fingerprint density at radius 3 is 2.56 bits per heavy atom. The lowest BCUT2D eigenvalue weighted by Crippen LogP contribution is -2.42. The lowest BCUT2D eigenvalue weighted by molar-refractivity contribution is 0.277. The summed E-state index contributed by atoms with van der Waals surface area (Å²) in [6, 6.07) is 8.61. The zero-order valence-electron chi connectivity index (χ0n) is 14.9. The molecule has 2 N–H and O–H groups in total. The Labute approximate surface area is 171 Å². The molecule has 1 fully saturated rings. The van der Waals surface area contributed by atoms with Crippen molar-refractivity contribution in [2.24, 2.45) is 16.6 Å². The molecule has 1 aliphatic rings. The number of aliphatic imine (C=N–C) groups is 1. The molecule has 0 atom stereocenters. The maximum absolute atomic E-state index is 6.13. The molecular weight excluding hydrogens is 443 g/mol. The fourth-order valence-corrected chi connectivity index (χ4v) is 3.60. The number of benzene rings is 1. The number of hydrogen-bond donors (Lipinski definition) is 1. The van der Waals surface area contributed by atoms with Crippen LogP contribution < -0.4 is 5.73 Å². The number of rotatable bonds is 4. The number of hydrogen-bond acceptors (Lipinski definition) is 3. The van der Waals surface area contributed by atoms with Gasteiger partial charge in [-0.2, -0.15) is 0 Å². The van der Waals surface area contributed by atoms with Gasteiger partial charge in [-0.25, -0.2) is 4.98 Å². The number of nitrogens with zero attached hydrogens (tertiary/aromatic N) is 3. The molecule has 25 heavy (non-hydrogen) atoms. The van der Waals surface area contributed by atoms with Gasteiger partial charge in [-0.15, -0.1) is 35.3 Å². The van der Waals surface area contributed by atoms with Gasteiger partial charge in [-0.1, -0.05) is 31.2 Å². The third-order valence-electron chi connectivity index (χ3n) is 4.65. The molecule has 3 rings (SSSR count). The Bertz CT molecular complexity index is 688. The van der Waals surface area contributed by atoms with E-state index in [2.05, 4.69) is 51.4 Å². The van der Waals surface area contributed by atoms with Crippen LogP contribution in [-0.4, -0.2) is 35.5 Å². The summed E-state index contributed by atoms with van der Waals surface area (Å²) in [5.74, 6) is 1.52. The minimum absolute atomic E-state index is 0. The van der Waals surface area contributed by atoms with Gasteiger partial charge in [0.25, 0.3) is 0 Å². The maximum Gasteiger partial charge on any atom is 0.191 e. The summed E-state index contributed by atoms with van der Waals surface area (Å²) in [6.45, 7) is 7.17. The van der Waals surface area contributed by atoms with Crippen molar-refractivity contribution in [2.75, 3.05) is 19.6 Å². The van der Waals surface area contributed by atoms with E-state index in [0.29, 0.717) is 5.96 Å². The third kappa shape index (κ3) is 5.67. The molecule has 6 heteroatoms. The van der Waals surface area contributed by atoms with Gasteiger partial charge in [-0.3, -0.25) is 4.99 Å². The van der Waals surface area contributed by atoms with Gasteiger partial charge in [-0.05, 0) is 37.7 Å².